The molecule has 0 bridgehead atoms. The third-order valence-electron chi connectivity index (χ3n) is 3.17. The normalized spacial score (nSPS) is 11.3. The maximum absolute atomic E-state index is 12.4. The summed E-state index contributed by atoms with van der Waals surface area (Å²) in [5.41, 5.74) is -0.723. The molecule has 1 amide bonds. The van der Waals surface area contributed by atoms with Crippen LogP contribution < -0.4 is 0 Å². The lowest BCUT2D eigenvalue weighted by molar-refractivity contribution is -0.384. The van der Waals surface area contributed by atoms with E-state index in [0.717, 1.165) is 0 Å². The summed E-state index contributed by atoms with van der Waals surface area (Å²) >= 11 is 0. The van der Waals surface area contributed by atoms with Crippen LogP contribution in [-0.4, -0.2) is 49.6 Å². The smallest absolute Gasteiger partial charge is 0.294 e. The standard InChI is InChI=1S/C15H18N4O4/c1-15(2,21)9-17(3)14(20)11-4-5-12(13(8-11)19(22)23)18-7-6-16-10-18/h4-8,10,21H,9H2,1-3H3. The summed E-state index contributed by atoms with van der Waals surface area (Å²) in [6, 6.07) is 4.26. The largest absolute Gasteiger partial charge is 0.389 e. The van der Waals surface area contributed by atoms with Gasteiger partial charge in [0, 0.05) is 37.6 Å². The van der Waals surface area contributed by atoms with Crippen LogP contribution in [0.25, 0.3) is 5.69 Å². The van der Waals surface area contributed by atoms with Crippen molar-refractivity contribution < 1.29 is 14.8 Å². The van der Waals surface area contributed by atoms with Gasteiger partial charge in [-0.25, -0.2) is 4.98 Å². The number of hydrogen-bond acceptors (Lipinski definition) is 5. The molecule has 8 nitrogen and oxygen atoms in total. The monoisotopic (exact) mass is 318 g/mol. The summed E-state index contributed by atoms with van der Waals surface area (Å²) in [7, 11) is 1.54. The van der Waals surface area contributed by atoms with E-state index < -0.39 is 16.4 Å². The van der Waals surface area contributed by atoms with Crippen LogP contribution in [0.5, 0.6) is 0 Å². The number of likely N-dealkylation sites (N-methyl/N-ethyl adjacent to an activating group) is 1. The molecule has 0 aliphatic carbocycles. The first-order chi connectivity index (χ1) is 10.7. The molecular weight excluding hydrogens is 300 g/mol. The van der Waals surface area contributed by atoms with E-state index in [9.17, 15) is 20.0 Å². The second-order valence-corrected chi connectivity index (χ2v) is 5.90. The number of nitrogens with zero attached hydrogens (tertiary/aromatic N) is 4. The van der Waals surface area contributed by atoms with E-state index in [-0.39, 0.29) is 17.8 Å². The van der Waals surface area contributed by atoms with Gasteiger partial charge < -0.3 is 14.6 Å². The van der Waals surface area contributed by atoms with Crippen molar-refractivity contribution in [3.05, 3.63) is 52.6 Å². The molecule has 0 saturated heterocycles. The number of nitro benzene ring substituents is 1. The van der Waals surface area contributed by atoms with Crippen LogP contribution in [0.4, 0.5) is 5.69 Å². The summed E-state index contributed by atoms with van der Waals surface area (Å²) in [4.78, 5) is 28.3. The Bertz CT molecular complexity index is 720. The lowest BCUT2D eigenvalue weighted by Gasteiger charge is -2.25. The first-order valence-electron chi connectivity index (χ1n) is 6.93. The maximum Gasteiger partial charge on any atom is 0.294 e. The molecule has 0 fully saturated rings. The predicted molar refractivity (Wildman–Crippen MR) is 83.5 cm³/mol. The summed E-state index contributed by atoms with van der Waals surface area (Å²) in [6.07, 6.45) is 4.55. The second-order valence-electron chi connectivity index (χ2n) is 5.90. The van der Waals surface area contributed by atoms with Gasteiger partial charge in [-0.05, 0) is 26.0 Å². The fraction of sp³-hybridized carbons (Fsp3) is 0.333. The molecule has 2 aromatic rings. The van der Waals surface area contributed by atoms with Gasteiger partial charge in [0.05, 0.1) is 16.9 Å². The minimum absolute atomic E-state index is 0.114. The molecule has 122 valence electrons. The number of rotatable bonds is 5. The number of carbonyl (C=O) groups is 1. The van der Waals surface area contributed by atoms with Crippen molar-refractivity contribution in [2.75, 3.05) is 13.6 Å². The van der Waals surface area contributed by atoms with E-state index in [4.69, 9.17) is 0 Å². The molecule has 0 aliphatic rings. The van der Waals surface area contributed by atoms with E-state index in [1.165, 1.54) is 47.2 Å². The Balaban J connectivity index is 2.36. The Morgan fingerprint density at radius 3 is 2.70 bits per heavy atom. The molecule has 8 heteroatoms. The van der Waals surface area contributed by atoms with Gasteiger partial charge >= 0.3 is 0 Å². The third-order valence-corrected chi connectivity index (χ3v) is 3.17. The number of aliphatic hydroxyl groups is 1. The van der Waals surface area contributed by atoms with Crippen molar-refractivity contribution in [3.8, 4) is 5.69 Å². The minimum atomic E-state index is -1.05. The molecule has 0 spiro atoms. The van der Waals surface area contributed by atoms with Gasteiger partial charge in [0.15, 0.2) is 0 Å². The Morgan fingerprint density at radius 1 is 1.48 bits per heavy atom. The zero-order valence-corrected chi connectivity index (χ0v) is 13.1. The zero-order chi connectivity index (χ0) is 17.2. The molecule has 1 aromatic carbocycles. The fourth-order valence-electron chi connectivity index (χ4n) is 2.30. The number of imidazole rings is 1. The molecular formula is C15H18N4O4. The van der Waals surface area contributed by atoms with Gasteiger partial charge in [0.25, 0.3) is 11.6 Å². The Morgan fingerprint density at radius 2 is 2.17 bits per heavy atom. The van der Waals surface area contributed by atoms with Crippen molar-refractivity contribution in [1.82, 2.24) is 14.5 Å². The molecule has 0 radical (unpaired) electrons. The number of benzene rings is 1. The molecule has 23 heavy (non-hydrogen) atoms. The average Bonchev–Trinajstić information content (AvgIpc) is 2.98. The van der Waals surface area contributed by atoms with Crippen LogP contribution in [-0.2, 0) is 0 Å². The number of hydrogen-bond donors (Lipinski definition) is 1. The average molecular weight is 318 g/mol. The third kappa shape index (κ3) is 3.92. The molecule has 0 aliphatic heterocycles. The van der Waals surface area contributed by atoms with Crippen LogP contribution in [0, 0.1) is 10.1 Å². The van der Waals surface area contributed by atoms with E-state index in [2.05, 4.69) is 4.98 Å². The Labute approximate surface area is 133 Å². The number of nitro groups is 1. The summed E-state index contributed by atoms with van der Waals surface area (Å²) < 4.78 is 1.51. The lowest BCUT2D eigenvalue weighted by atomic mass is 10.1. The lowest BCUT2D eigenvalue weighted by Crippen LogP contribution is -2.39. The van der Waals surface area contributed by atoms with E-state index in [1.54, 1.807) is 20.0 Å². The van der Waals surface area contributed by atoms with Gasteiger partial charge in [0.1, 0.15) is 5.69 Å². The van der Waals surface area contributed by atoms with Crippen molar-refractivity contribution in [3.63, 3.8) is 0 Å². The first-order valence-corrected chi connectivity index (χ1v) is 6.93. The van der Waals surface area contributed by atoms with Gasteiger partial charge in [-0.3, -0.25) is 14.9 Å². The Hall–Kier alpha value is -2.74. The van der Waals surface area contributed by atoms with Crippen LogP contribution in [0.2, 0.25) is 0 Å². The number of amides is 1. The molecule has 0 unspecified atom stereocenters. The molecule has 2 rings (SSSR count). The maximum atomic E-state index is 12.4. The summed E-state index contributed by atoms with van der Waals surface area (Å²) in [5.74, 6) is -0.396. The molecule has 0 saturated carbocycles. The molecule has 1 N–H and O–H groups in total. The van der Waals surface area contributed by atoms with Gasteiger partial charge in [-0.15, -0.1) is 0 Å². The van der Waals surface area contributed by atoms with Gasteiger partial charge in [0.2, 0.25) is 0 Å². The summed E-state index contributed by atoms with van der Waals surface area (Å²) in [5, 5.41) is 21.1. The van der Waals surface area contributed by atoms with Gasteiger partial charge in [-0.1, -0.05) is 0 Å². The molecule has 0 atom stereocenters. The number of aromatic nitrogens is 2. The topological polar surface area (TPSA) is 102 Å². The van der Waals surface area contributed by atoms with Crippen molar-refractivity contribution in [2.24, 2.45) is 0 Å². The van der Waals surface area contributed by atoms with Crippen molar-refractivity contribution in [1.29, 1.82) is 0 Å². The first kappa shape index (κ1) is 16.6. The fourth-order valence-corrected chi connectivity index (χ4v) is 2.30. The number of carbonyl (C=O) groups excluding carboxylic acids is 1. The van der Waals surface area contributed by atoms with E-state index >= 15 is 0 Å². The van der Waals surface area contributed by atoms with Crippen LogP contribution in [0.15, 0.2) is 36.9 Å². The highest BCUT2D eigenvalue weighted by Crippen LogP contribution is 2.25. The second kappa shape index (κ2) is 6.17. The van der Waals surface area contributed by atoms with Crippen LogP contribution in [0.1, 0.15) is 24.2 Å². The van der Waals surface area contributed by atoms with Crippen LogP contribution >= 0.6 is 0 Å². The minimum Gasteiger partial charge on any atom is -0.389 e. The SMILES string of the molecule is CN(CC(C)(C)O)C(=O)c1ccc(-n2ccnc2)c([N+](=O)[O-])c1. The zero-order valence-electron chi connectivity index (χ0n) is 13.1. The van der Waals surface area contributed by atoms with Crippen molar-refractivity contribution >= 4 is 11.6 Å². The highest BCUT2D eigenvalue weighted by Gasteiger charge is 2.23. The summed E-state index contributed by atoms with van der Waals surface area (Å²) in [6.45, 7) is 3.28. The quantitative estimate of drug-likeness (QED) is 0.667. The highest BCUT2D eigenvalue weighted by molar-refractivity contribution is 5.95. The van der Waals surface area contributed by atoms with Crippen LogP contribution in [0.3, 0.4) is 0 Å². The predicted octanol–water partition coefficient (Wildman–Crippen LogP) is 1.62. The van der Waals surface area contributed by atoms with Crippen molar-refractivity contribution in [2.45, 2.75) is 19.4 Å². The Kier molecular flexibility index (Phi) is 4.46. The van der Waals surface area contributed by atoms with E-state index in [1.807, 2.05) is 0 Å². The molecule has 1 heterocycles. The van der Waals surface area contributed by atoms with Gasteiger partial charge in [-0.2, -0.15) is 0 Å². The van der Waals surface area contributed by atoms with E-state index in [0.29, 0.717) is 5.69 Å². The molecule has 1 aromatic heterocycles. The highest BCUT2D eigenvalue weighted by atomic mass is 16.6.